The Labute approximate surface area is 207 Å². The van der Waals surface area contributed by atoms with Crippen LogP contribution in [-0.2, 0) is 26.2 Å². The van der Waals surface area contributed by atoms with Crippen LogP contribution in [-0.4, -0.2) is 57.3 Å². The average molecular weight is 504 g/mol. The van der Waals surface area contributed by atoms with Gasteiger partial charge in [0.15, 0.2) is 11.5 Å². The van der Waals surface area contributed by atoms with E-state index in [2.05, 4.69) is 5.32 Å². The predicted octanol–water partition coefficient (Wildman–Crippen LogP) is 2.68. The third-order valence-corrected chi connectivity index (χ3v) is 6.79. The SMILES string of the molecule is Cc1ccc(CN(C(=O)CN(c2ccc3c(c2)OCO3)S(C)(=O)=O)[C@@H](C)C(=O)NCC(C)C)cc1. The molecule has 0 saturated heterocycles. The molecule has 0 fully saturated rings. The number of ether oxygens (including phenoxy) is 2. The molecule has 10 heteroatoms. The molecule has 3 rings (SSSR count). The Balaban J connectivity index is 1.88. The number of anilines is 1. The minimum atomic E-state index is -3.82. The lowest BCUT2D eigenvalue weighted by atomic mass is 10.1. The second kappa shape index (κ2) is 11.0. The highest BCUT2D eigenvalue weighted by Gasteiger charge is 2.30. The lowest BCUT2D eigenvalue weighted by Crippen LogP contribution is -2.51. The molecule has 0 radical (unpaired) electrons. The molecule has 2 aromatic rings. The lowest BCUT2D eigenvalue weighted by Gasteiger charge is -2.31. The van der Waals surface area contributed by atoms with Crippen LogP contribution in [0.1, 0.15) is 31.9 Å². The first-order valence-electron chi connectivity index (χ1n) is 11.5. The van der Waals surface area contributed by atoms with Crippen molar-refractivity contribution in [3.63, 3.8) is 0 Å². The Kier molecular flexibility index (Phi) is 8.26. The van der Waals surface area contributed by atoms with Gasteiger partial charge in [-0.2, -0.15) is 0 Å². The minimum Gasteiger partial charge on any atom is -0.454 e. The van der Waals surface area contributed by atoms with Crippen molar-refractivity contribution >= 4 is 27.5 Å². The monoisotopic (exact) mass is 503 g/mol. The van der Waals surface area contributed by atoms with Crippen LogP contribution in [0.5, 0.6) is 11.5 Å². The largest absolute Gasteiger partial charge is 0.454 e. The third-order valence-electron chi connectivity index (χ3n) is 5.65. The maximum atomic E-state index is 13.5. The van der Waals surface area contributed by atoms with Crippen molar-refractivity contribution in [3.8, 4) is 11.5 Å². The number of nitrogens with zero attached hydrogens (tertiary/aromatic N) is 2. The number of hydrogen-bond donors (Lipinski definition) is 1. The molecule has 0 bridgehead atoms. The van der Waals surface area contributed by atoms with E-state index >= 15 is 0 Å². The molecule has 0 aromatic heterocycles. The van der Waals surface area contributed by atoms with Crippen LogP contribution in [0.15, 0.2) is 42.5 Å². The number of hydrogen-bond acceptors (Lipinski definition) is 6. The summed E-state index contributed by atoms with van der Waals surface area (Å²) in [5.41, 5.74) is 2.18. The topological polar surface area (TPSA) is 105 Å². The number of carbonyl (C=O) groups is 2. The third kappa shape index (κ3) is 6.88. The van der Waals surface area contributed by atoms with Crippen LogP contribution in [0.4, 0.5) is 5.69 Å². The van der Waals surface area contributed by atoms with Crippen LogP contribution in [0.2, 0.25) is 0 Å². The lowest BCUT2D eigenvalue weighted by molar-refractivity contribution is -0.139. The number of fused-ring (bicyclic) bond motifs is 1. The Morgan fingerprint density at radius 1 is 1.03 bits per heavy atom. The second-order valence-electron chi connectivity index (χ2n) is 9.13. The van der Waals surface area contributed by atoms with Gasteiger partial charge in [-0.3, -0.25) is 13.9 Å². The maximum Gasteiger partial charge on any atom is 0.244 e. The van der Waals surface area contributed by atoms with Crippen molar-refractivity contribution in [2.45, 2.75) is 40.3 Å². The Morgan fingerprint density at radius 3 is 2.31 bits per heavy atom. The summed E-state index contributed by atoms with van der Waals surface area (Å²) < 4.78 is 37.0. The molecule has 1 atom stereocenters. The van der Waals surface area contributed by atoms with Gasteiger partial charge in [0.25, 0.3) is 0 Å². The number of rotatable bonds is 10. The summed E-state index contributed by atoms with van der Waals surface area (Å²) in [7, 11) is -3.82. The fraction of sp³-hybridized carbons (Fsp3) is 0.440. The van der Waals surface area contributed by atoms with E-state index in [0.29, 0.717) is 18.0 Å². The van der Waals surface area contributed by atoms with Gasteiger partial charge >= 0.3 is 0 Å². The average Bonchev–Trinajstić information content (AvgIpc) is 3.27. The highest BCUT2D eigenvalue weighted by atomic mass is 32.2. The van der Waals surface area contributed by atoms with Crippen molar-refractivity contribution in [2.75, 3.05) is 30.4 Å². The first-order valence-corrected chi connectivity index (χ1v) is 13.3. The molecule has 1 N–H and O–H groups in total. The van der Waals surface area contributed by atoms with E-state index in [1.165, 1.54) is 11.0 Å². The summed E-state index contributed by atoms with van der Waals surface area (Å²) in [6.45, 7) is 7.79. The zero-order valence-electron chi connectivity index (χ0n) is 20.8. The van der Waals surface area contributed by atoms with Gasteiger partial charge in [0.05, 0.1) is 11.9 Å². The molecule has 2 amide bonds. The highest BCUT2D eigenvalue weighted by Crippen LogP contribution is 2.36. The highest BCUT2D eigenvalue weighted by molar-refractivity contribution is 7.92. The van der Waals surface area contributed by atoms with Gasteiger partial charge in [-0.05, 0) is 37.5 Å². The van der Waals surface area contributed by atoms with Gasteiger partial charge in [-0.15, -0.1) is 0 Å². The number of amides is 2. The normalized spacial score (nSPS) is 13.4. The summed E-state index contributed by atoms with van der Waals surface area (Å²) >= 11 is 0. The van der Waals surface area contributed by atoms with E-state index in [0.717, 1.165) is 21.7 Å². The van der Waals surface area contributed by atoms with Crippen molar-refractivity contribution in [3.05, 3.63) is 53.6 Å². The molecule has 1 aliphatic rings. The quantitative estimate of drug-likeness (QED) is 0.535. The summed E-state index contributed by atoms with van der Waals surface area (Å²) in [5, 5.41) is 2.86. The Bertz CT molecular complexity index is 1160. The van der Waals surface area contributed by atoms with Crippen molar-refractivity contribution in [1.82, 2.24) is 10.2 Å². The molecule has 9 nitrogen and oxygen atoms in total. The van der Waals surface area contributed by atoms with Gasteiger partial charge in [-0.25, -0.2) is 8.42 Å². The first-order chi connectivity index (χ1) is 16.5. The van der Waals surface area contributed by atoms with E-state index in [-0.39, 0.29) is 30.9 Å². The molecular formula is C25H33N3O6S. The number of aryl methyl sites for hydroxylation is 1. The van der Waals surface area contributed by atoms with Crippen molar-refractivity contribution in [1.29, 1.82) is 0 Å². The van der Waals surface area contributed by atoms with Crippen molar-refractivity contribution in [2.24, 2.45) is 5.92 Å². The predicted molar refractivity (Wildman–Crippen MR) is 134 cm³/mol. The van der Waals surface area contributed by atoms with Gasteiger partial charge in [0.1, 0.15) is 12.6 Å². The number of nitrogens with one attached hydrogen (secondary N) is 1. The molecule has 0 spiro atoms. The smallest absolute Gasteiger partial charge is 0.244 e. The molecule has 0 aliphatic carbocycles. The maximum absolute atomic E-state index is 13.5. The van der Waals surface area contributed by atoms with Gasteiger partial charge in [-0.1, -0.05) is 43.7 Å². The van der Waals surface area contributed by atoms with Gasteiger partial charge in [0.2, 0.25) is 28.6 Å². The van der Waals surface area contributed by atoms with E-state index in [4.69, 9.17) is 9.47 Å². The summed E-state index contributed by atoms with van der Waals surface area (Å²) in [4.78, 5) is 27.8. The zero-order valence-corrected chi connectivity index (χ0v) is 21.6. The molecule has 1 heterocycles. The Morgan fingerprint density at radius 2 is 1.69 bits per heavy atom. The summed E-state index contributed by atoms with van der Waals surface area (Å²) in [6, 6.07) is 11.5. The van der Waals surface area contributed by atoms with Crippen LogP contribution < -0.4 is 19.1 Å². The fourth-order valence-corrected chi connectivity index (χ4v) is 4.42. The zero-order chi connectivity index (χ0) is 25.8. The van der Waals surface area contributed by atoms with E-state index in [1.54, 1.807) is 19.1 Å². The standard InChI is InChI=1S/C25H33N3O6S/c1-17(2)13-26-25(30)19(4)27(14-20-8-6-18(3)7-9-20)24(29)15-28(35(5,31)32)21-10-11-22-23(12-21)34-16-33-22/h6-12,17,19H,13-16H2,1-5H3,(H,26,30)/t19-/m0/s1. The Hall–Kier alpha value is -3.27. The molecule has 2 aromatic carbocycles. The van der Waals surface area contributed by atoms with E-state index in [9.17, 15) is 18.0 Å². The number of carbonyl (C=O) groups excluding carboxylic acids is 2. The number of sulfonamides is 1. The van der Waals surface area contributed by atoms with E-state index < -0.39 is 28.5 Å². The first kappa shape index (κ1) is 26.3. The van der Waals surface area contributed by atoms with Crippen LogP contribution in [0, 0.1) is 12.8 Å². The van der Waals surface area contributed by atoms with Gasteiger partial charge in [0, 0.05) is 19.2 Å². The summed E-state index contributed by atoms with van der Waals surface area (Å²) in [5.74, 6) is 0.361. The molecular weight excluding hydrogens is 470 g/mol. The molecule has 1 aliphatic heterocycles. The van der Waals surface area contributed by atoms with Gasteiger partial charge < -0.3 is 19.7 Å². The van der Waals surface area contributed by atoms with Crippen LogP contribution in [0.3, 0.4) is 0 Å². The number of benzene rings is 2. The minimum absolute atomic E-state index is 0.0456. The van der Waals surface area contributed by atoms with Crippen LogP contribution in [0.25, 0.3) is 0 Å². The van der Waals surface area contributed by atoms with Crippen molar-refractivity contribution < 1.29 is 27.5 Å². The molecule has 35 heavy (non-hydrogen) atoms. The molecule has 0 saturated carbocycles. The second-order valence-corrected chi connectivity index (χ2v) is 11.0. The summed E-state index contributed by atoms with van der Waals surface area (Å²) in [6.07, 6.45) is 1.04. The fourth-order valence-electron chi connectivity index (χ4n) is 3.58. The van der Waals surface area contributed by atoms with Crippen LogP contribution >= 0.6 is 0 Å². The van der Waals surface area contributed by atoms with E-state index in [1.807, 2.05) is 45.0 Å². The molecule has 0 unspecified atom stereocenters. The molecule has 190 valence electrons.